The maximum atomic E-state index is 11.9. The zero-order valence-electron chi connectivity index (χ0n) is 8.78. The third-order valence-corrected chi connectivity index (χ3v) is 5.65. The highest BCUT2D eigenvalue weighted by Crippen LogP contribution is 2.22. The maximum Gasteiger partial charge on any atom is 0.334 e. The van der Waals surface area contributed by atoms with E-state index in [2.05, 4.69) is 73.1 Å². The lowest BCUT2D eigenvalue weighted by molar-refractivity contribution is -0.146. The molecule has 18 heavy (non-hydrogen) atoms. The highest BCUT2D eigenvalue weighted by Gasteiger charge is 2.17. The van der Waals surface area contributed by atoms with Gasteiger partial charge < -0.3 is 15.5 Å². The molecule has 1 unspecified atom stereocenters. The van der Waals surface area contributed by atoms with Gasteiger partial charge in [0.25, 0.3) is 5.91 Å². The molecule has 3 N–H and O–H groups in total. The standard InChI is InChI=1S/C10H8I3NO4/c11-4-1-5(8(13)6(12)2-4)9(16)14-3-7(15)10(17)18/h1-2,7,15H,3H2,(H,14,16)(H,17,18). The Labute approximate surface area is 144 Å². The van der Waals surface area contributed by atoms with Crippen LogP contribution in [0.25, 0.3) is 0 Å². The van der Waals surface area contributed by atoms with Gasteiger partial charge in [-0.05, 0) is 79.9 Å². The van der Waals surface area contributed by atoms with Crippen LogP contribution in [0, 0.1) is 10.7 Å². The normalized spacial score (nSPS) is 12.0. The molecule has 1 amide bonds. The molecular weight excluding hydrogens is 579 g/mol. The van der Waals surface area contributed by atoms with Gasteiger partial charge in [0.15, 0.2) is 6.10 Å². The Bertz CT molecular complexity index is 492. The number of carbonyl (C=O) groups excluding carboxylic acids is 1. The molecule has 0 saturated heterocycles. The van der Waals surface area contributed by atoms with Gasteiger partial charge in [-0.2, -0.15) is 0 Å². The van der Waals surface area contributed by atoms with Crippen molar-refractivity contribution in [3.8, 4) is 0 Å². The maximum absolute atomic E-state index is 11.9. The molecule has 1 aromatic carbocycles. The molecule has 0 aromatic heterocycles. The van der Waals surface area contributed by atoms with Crippen LogP contribution in [0.5, 0.6) is 0 Å². The van der Waals surface area contributed by atoms with Gasteiger partial charge >= 0.3 is 5.97 Å². The van der Waals surface area contributed by atoms with Gasteiger partial charge in [0, 0.05) is 10.7 Å². The van der Waals surface area contributed by atoms with E-state index in [-0.39, 0.29) is 6.54 Å². The van der Waals surface area contributed by atoms with Gasteiger partial charge in [0.1, 0.15) is 0 Å². The minimum atomic E-state index is -1.59. The molecule has 8 heteroatoms. The summed E-state index contributed by atoms with van der Waals surface area (Å²) in [6, 6.07) is 3.65. The van der Waals surface area contributed by atoms with Gasteiger partial charge in [-0.1, -0.05) is 0 Å². The summed E-state index contributed by atoms with van der Waals surface area (Å²) >= 11 is 6.28. The van der Waals surface area contributed by atoms with Gasteiger partial charge in [-0.3, -0.25) is 4.79 Å². The number of rotatable bonds is 4. The number of nitrogens with one attached hydrogen (secondary N) is 1. The molecule has 0 fully saturated rings. The summed E-state index contributed by atoms with van der Waals surface area (Å²) in [4.78, 5) is 22.3. The molecule has 0 aliphatic heterocycles. The average Bonchev–Trinajstić information content (AvgIpc) is 2.29. The molecule has 98 valence electrons. The van der Waals surface area contributed by atoms with E-state index >= 15 is 0 Å². The number of hydrogen-bond acceptors (Lipinski definition) is 3. The zero-order valence-corrected chi connectivity index (χ0v) is 15.3. The lowest BCUT2D eigenvalue weighted by Gasteiger charge is -2.10. The van der Waals surface area contributed by atoms with Crippen LogP contribution in [0.1, 0.15) is 10.4 Å². The van der Waals surface area contributed by atoms with Crippen molar-refractivity contribution in [2.24, 2.45) is 0 Å². The van der Waals surface area contributed by atoms with E-state index in [1.807, 2.05) is 6.07 Å². The minimum Gasteiger partial charge on any atom is -0.479 e. The number of amides is 1. The molecule has 1 rings (SSSR count). The number of carboxylic acid groups (broad SMARTS) is 1. The van der Waals surface area contributed by atoms with Gasteiger partial charge in [-0.25, -0.2) is 4.79 Å². The Morgan fingerprint density at radius 2 is 1.89 bits per heavy atom. The van der Waals surface area contributed by atoms with Crippen molar-refractivity contribution in [2.75, 3.05) is 6.54 Å². The summed E-state index contributed by atoms with van der Waals surface area (Å²) in [7, 11) is 0. The molecule has 1 aromatic rings. The van der Waals surface area contributed by atoms with E-state index in [0.717, 1.165) is 10.7 Å². The summed E-state index contributed by atoms with van der Waals surface area (Å²) in [5.41, 5.74) is 0.476. The Hall–Kier alpha value is 0.310. The van der Waals surface area contributed by atoms with Crippen molar-refractivity contribution < 1.29 is 19.8 Å². The number of hydrogen-bond donors (Lipinski definition) is 3. The molecule has 0 aliphatic rings. The smallest absolute Gasteiger partial charge is 0.334 e. The predicted octanol–water partition coefficient (Wildman–Crippen LogP) is 1.68. The summed E-state index contributed by atoms with van der Waals surface area (Å²) in [6.45, 7) is -0.313. The van der Waals surface area contributed by atoms with Crippen molar-refractivity contribution in [3.05, 3.63) is 28.4 Å². The van der Waals surface area contributed by atoms with Gasteiger partial charge in [0.2, 0.25) is 0 Å². The second-order valence-corrected chi connectivity index (χ2v) is 6.80. The lowest BCUT2D eigenvalue weighted by Crippen LogP contribution is -2.36. The molecular formula is C10H8I3NO4. The van der Waals surface area contributed by atoms with Crippen molar-refractivity contribution in [1.82, 2.24) is 5.32 Å². The fourth-order valence-electron chi connectivity index (χ4n) is 1.09. The van der Waals surface area contributed by atoms with Gasteiger partial charge in [-0.15, -0.1) is 0 Å². The van der Waals surface area contributed by atoms with Gasteiger partial charge in [0.05, 0.1) is 12.1 Å². The van der Waals surface area contributed by atoms with E-state index < -0.39 is 18.0 Å². The molecule has 1 atom stereocenters. The number of aliphatic carboxylic acids is 1. The monoisotopic (exact) mass is 587 g/mol. The van der Waals surface area contributed by atoms with Crippen LogP contribution in [0.3, 0.4) is 0 Å². The van der Waals surface area contributed by atoms with Crippen LogP contribution in [0.4, 0.5) is 0 Å². The first-order valence-corrected chi connectivity index (χ1v) is 7.90. The molecule has 0 spiro atoms. The Morgan fingerprint density at radius 1 is 1.28 bits per heavy atom. The Morgan fingerprint density at radius 3 is 2.44 bits per heavy atom. The Balaban J connectivity index is 2.82. The first-order chi connectivity index (χ1) is 8.32. The van der Waals surface area contributed by atoms with Crippen molar-refractivity contribution in [3.63, 3.8) is 0 Å². The lowest BCUT2D eigenvalue weighted by atomic mass is 10.2. The van der Waals surface area contributed by atoms with E-state index in [9.17, 15) is 9.59 Å². The topological polar surface area (TPSA) is 86.6 Å². The number of aliphatic hydroxyl groups excluding tert-OH is 1. The predicted molar refractivity (Wildman–Crippen MR) is 90.6 cm³/mol. The first-order valence-electron chi connectivity index (χ1n) is 4.66. The van der Waals surface area contributed by atoms with Crippen LogP contribution in [-0.4, -0.2) is 34.7 Å². The minimum absolute atomic E-state index is 0.313. The highest BCUT2D eigenvalue weighted by molar-refractivity contribution is 14.1. The second-order valence-electron chi connectivity index (χ2n) is 3.31. The summed E-state index contributed by atoms with van der Waals surface area (Å²) < 4.78 is 2.67. The number of aliphatic hydroxyl groups is 1. The third-order valence-electron chi connectivity index (χ3n) is 1.98. The van der Waals surface area contributed by atoms with E-state index in [1.54, 1.807) is 6.07 Å². The SMILES string of the molecule is O=C(NCC(O)C(=O)O)c1cc(I)cc(I)c1I. The first kappa shape index (κ1) is 16.4. The quantitative estimate of drug-likeness (QED) is 0.370. The second kappa shape index (κ2) is 7.19. The van der Waals surface area contributed by atoms with Crippen LogP contribution in [-0.2, 0) is 4.79 Å². The third kappa shape index (κ3) is 4.45. The summed E-state index contributed by atoms with van der Waals surface area (Å²) in [5, 5.41) is 20.0. The van der Waals surface area contributed by atoms with Crippen molar-refractivity contribution in [1.29, 1.82) is 0 Å². The van der Waals surface area contributed by atoms with Crippen LogP contribution in [0.15, 0.2) is 12.1 Å². The number of carboxylic acids is 1. The summed E-state index contributed by atoms with van der Waals surface area (Å²) in [5.74, 6) is -1.75. The molecule has 0 radical (unpaired) electrons. The van der Waals surface area contributed by atoms with E-state index in [1.165, 1.54) is 0 Å². The fraction of sp³-hybridized carbons (Fsp3) is 0.200. The number of benzene rings is 1. The summed E-state index contributed by atoms with van der Waals surface area (Å²) in [6.07, 6.45) is -1.59. The van der Waals surface area contributed by atoms with Crippen LogP contribution in [0.2, 0.25) is 0 Å². The van der Waals surface area contributed by atoms with E-state index in [4.69, 9.17) is 10.2 Å². The highest BCUT2D eigenvalue weighted by atomic mass is 127. The molecule has 0 aliphatic carbocycles. The van der Waals surface area contributed by atoms with E-state index in [0.29, 0.717) is 5.56 Å². The number of halogens is 3. The largest absolute Gasteiger partial charge is 0.479 e. The van der Waals surface area contributed by atoms with Crippen molar-refractivity contribution in [2.45, 2.75) is 6.10 Å². The molecule has 5 nitrogen and oxygen atoms in total. The van der Waals surface area contributed by atoms with Crippen molar-refractivity contribution >= 4 is 79.6 Å². The average molecular weight is 587 g/mol. The molecule has 0 heterocycles. The molecule has 0 saturated carbocycles. The zero-order chi connectivity index (χ0) is 13.9. The Kier molecular flexibility index (Phi) is 6.54. The molecule has 0 bridgehead atoms. The number of carbonyl (C=O) groups is 2. The van der Waals surface area contributed by atoms with Crippen LogP contribution < -0.4 is 5.32 Å². The van der Waals surface area contributed by atoms with Crippen LogP contribution >= 0.6 is 67.8 Å². The fourth-order valence-corrected chi connectivity index (χ4v) is 3.49.